The highest BCUT2D eigenvalue weighted by Gasteiger charge is 2.63. The summed E-state index contributed by atoms with van der Waals surface area (Å²) in [6.45, 7) is 0. The van der Waals surface area contributed by atoms with Gasteiger partial charge in [-0.05, 0) is 67.4 Å². The molecule has 1 aromatic carbocycles. The van der Waals surface area contributed by atoms with Gasteiger partial charge in [0.1, 0.15) is 0 Å². The molecule has 104 valence electrons. The average Bonchev–Trinajstić information content (AvgIpc) is 2.79. The van der Waals surface area contributed by atoms with Gasteiger partial charge in [0.2, 0.25) is 0 Å². The minimum atomic E-state index is 0.124. The van der Waals surface area contributed by atoms with Gasteiger partial charge in [-0.3, -0.25) is 0 Å². The lowest BCUT2D eigenvalue weighted by atomic mass is 9.44. The summed E-state index contributed by atoms with van der Waals surface area (Å²) in [6, 6.07) is 8.76. The molecular weight excluding hydrogens is 246 g/mol. The van der Waals surface area contributed by atoms with Crippen molar-refractivity contribution in [3.8, 4) is 0 Å². The van der Waals surface area contributed by atoms with Gasteiger partial charge >= 0.3 is 0 Å². The lowest BCUT2D eigenvalue weighted by molar-refractivity contribution is -0.0352. The molecule has 2 heteroatoms. The van der Waals surface area contributed by atoms with E-state index in [1.807, 2.05) is 7.11 Å². The largest absolute Gasteiger partial charge is 0.483 e. The molecule has 4 saturated carbocycles. The molecule has 20 heavy (non-hydrogen) atoms. The van der Waals surface area contributed by atoms with Gasteiger partial charge in [0.15, 0.2) is 5.90 Å². The number of rotatable bonds is 0. The van der Waals surface area contributed by atoms with E-state index in [9.17, 15) is 0 Å². The number of hydrogen-bond acceptors (Lipinski definition) is 2. The van der Waals surface area contributed by atoms with Crippen LogP contribution in [0.2, 0.25) is 0 Å². The third-order valence-electron chi connectivity index (χ3n) is 6.54. The van der Waals surface area contributed by atoms with Crippen molar-refractivity contribution in [3.63, 3.8) is 0 Å². The maximum absolute atomic E-state index is 5.82. The summed E-state index contributed by atoms with van der Waals surface area (Å²) in [7, 11) is 1.82. The van der Waals surface area contributed by atoms with Gasteiger partial charge in [-0.15, -0.1) is 0 Å². The van der Waals surface area contributed by atoms with Gasteiger partial charge in [0, 0.05) is 0 Å². The van der Waals surface area contributed by atoms with Gasteiger partial charge in [0.25, 0.3) is 0 Å². The Balaban J connectivity index is 1.74. The van der Waals surface area contributed by atoms with Crippen LogP contribution in [0, 0.1) is 23.7 Å². The number of ether oxygens (including phenoxy) is 1. The van der Waals surface area contributed by atoms with E-state index in [0.29, 0.717) is 0 Å². The van der Waals surface area contributed by atoms with E-state index in [1.54, 1.807) is 0 Å². The first-order chi connectivity index (χ1) is 9.82. The molecular formula is C18H21NO. The zero-order valence-electron chi connectivity index (χ0n) is 12.0. The van der Waals surface area contributed by atoms with E-state index in [4.69, 9.17) is 9.73 Å². The Morgan fingerprint density at radius 1 is 1.00 bits per heavy atom. The fraction of sp³-hybridized carbons (Fsp3) is 0.611. The molecule has 1 aliphatic heterocycles. The second kappa shape index (κ2) is 3.66. The second-order valence-electron chi connectivity index (χ2n) is 7.31. The molecule has 1 aromatic rings. The van der Waals surface area contributed by atoms with Crippen molar-refractivity contribution in [1.82, 2.24) is 0 Å². The average molecular weight is 267 g/mol. The zero-order valence-corrected chi connectivity index (χ0v) is 12.0. The van der Waals surface area contributed by atoms with Crippen LogP contribution >= 0.6 is 0 Å². The number of hydrogen-bond donors (Lipinski definition) is 0. The molecule has 0 atom stereocenters. The van der Waals surface area contributed by atoms with Crippen LogP contribution in [0.15, 0.2) is 29.3 Å². The van der Waals surface area contributed by atoms with E-state index in [2.05, 4.69) is 24.3 Å². The van der Waals surface area contributed by atoms with Crippen LogP contribution in [0.1, 0.15) is 37.7 Å². The Kier molecular flexibility index (Phi) is 2.08. The molecule has 0 radical (unpaired) electrons. The number of aliphatic imine (C=N–C) groups is 1. The molecule has 1 spiro atoms. The zero-order chi connectivity index (χ0) is 13.3. The quantitative estimate of drug-likeness (QED) is 0.694. The number of nitrogens with zero attached hydrogens (tertiary/aromatic N) is 1. The molecule has 4 fully saturated rings. The Hall–Kier alpha value is -1.31. The van der Waals surface area contributed by atoms with Gasteiger partial charge < -0.3 is 4.74 Å². The Labute approximate surface area is 120 Å². The predicted molar refractivity (Wildman–Crippen MR) is 79.3 cm³/mol. The van der Waals surface area contributed by atoms with Crippen LogP contribution in [-0.4, -0.2) is 13.0 Å². The van der Waals surface area contributed by atoms with Crippen molar-refractivity contribution in [3.05, 3.63) is 29.8 Å². The van der Waals surface area contributed by atoms with E-state index in [1.165, 1.54) is 37.7 Å². The lowest BCUT2D eigenvalue weighted by Gasteiger charge is -2.59. The van der Waals surface area contributed by atoms with E-state index >= 15 is 0 Å². The first-order valence-corrected chi connectivity index (χ1v) is 8.05. The van der Waals surface area contributed by atoms with E-state index in [-0.39, 0.29) is 5.41 Å². The van der Waals surface area contributed by atoms with Crippen LogP contribution in [0.25, 0.3) is 0 Å². The summed E-state index contributed by atoms with van der Waals surface area (Å²) in [5.74, 6) is 4.51. The van der Waals surface area contributed by atoms with Crippen LogP contribution in [-0.2, 0) is 10.2 Å². The van der Waals surface area contributed by atoms with Crippen LogP contribution in [0.3, 0.4) is 0 Å². The SMILES string of the molecule is COC1=Nc2ccccc2C12C1CC3CC(C1)CC2C3. The van der Waals surface area contributed by atoms with E-state index < -0.39 is 0 Å². The van der Waals surface area contributed by atoms with Gasteiger partial charge in [-0.25, -0.2) is 4.99 Å². The lowest BCUT2D eigenvalue weighted by Crippen LogP contribution is -2.58. The van der Waals surface area contributed by atoms with Gasteiger partial charge in [0.05, 0.1) is 18.2 Å². The number of benzene rings is 1. The van der Waals surface area contributed by atoms with Crippen molar-refractivity contribution in [2.24, 2.45) is 28.7 Å². The van der Waals surface area contributed by atoms with Crippen LogP contribution in [0.5, 0.6) is 0 Å². The third kappa shape index (κ3) is 1.15. The molecule has 2 nitrogen and oxygen atoms in total. The Morgan fingerprint density at radius 3 is 2.30 bits per heavy atom. The van der Waals surface area contributed by atoms with Crippen molar-refractivity contribution in [1.29, 1.82) is 0 Å². The summed E-state index contributed by atoms with van der Waals surface area (Å²) >= 11 is 0. The normalized spacial score (nSPS) is 43.8. The maximum atomic E-state index is 5.82. The molecule has 0 saturated heterocycles. The summed E-state index contributed by atoms with van der Waals surface area (Å²) in [6.07, 6.45) is 7.06. The van der Waals surface area contributed by atoms with Gasteiger partial charge in [-0.2, -0.15) is 0 Å². The maximum Gasteiger partial charge on any atom is 0.199 e. The highest BCUT2D eigenvalue weighted by molar-refractivity contribution is 5.97. The molecule has 4 bridgehead atoms. The molecule has 5 aliphatic rings. The minimum Gasteiger partial charge on any atom is -0.483 e. The van der Waals surface area contributed by atoms with Crippen molar-refractivity contribution < 1.29 is 4.74 Å². The van der Waals surface area contributed by atoms with E-state index in [0.717, 1.165) is 35.3 Å². The van der Waals surface area contributed by atoms with Crippen molar-refractivity contribution in [2.45, 2.75) is 37.5 Å². The molecule has 0 aromatic heterocycles. The third-order valence-corrected chi connectivity index (χ3v) is 6.54. The molecule has 1 heterocycles. The second-order valence-corrected chi connectivity index (χ2v) is 7.31. The smallest absolute Gasteiger partial charge is 0.199 e. The first-order valence-electron chi connectivity index (χ1n) is 8.05. The number of fused-ring (bicyclic) bond motifs is 1. The predicted octanol–water partition coefficient (Wildman–Crippen LogP) is 4.07. The summed E-state index contributed by atoms with van der Waals surface area (Å²) in [4.78, 5) is 4.86. The van der Waals surface area contributed by atoms with Crippen LogP contribution < -0.4 is 0 Å². The standard InChI is InChI=1S/C18H21NO/c1-20-17-18(15-4-2-3-5-16(15)19-17)13-7-11-6-12(9-13)10-14(18)8-11/h2-5,11-14H,6-10H2,1H3. The molecule has 0 N–H and O–H groups in total. The molecule has 0 unspecified atom stereocenters. The molecule has 0 amide bonds. The summed E-state index contributed by atoms with van der Waals surface area (Å²) in [5, 5.41) is 0. The monoisotopic (exact) mass is 267 g/mol. The molecule has 6 rings (SSSR count). The van der Waals surface area contributed by atoms with Crippen molar-refractivity contribution >= 4 is 11.6 Å². The number of para-hydroxylation sites is 1. The minimum absolute atomic E-state index is 0.124. The first kappa shape index (κ1) is 11.4. The Morgan fingerprint density at radius 2 is 1.65 bits per heavy atom. The fourth-order valence-corrected chi connectivity index (χ4v) is 6.17. The van der Waals surface area contributed by atoms with Crippen molar-refractivity contribution in [2.75, 3.05) is 7.11 Å². The Bertz CT molecular complexity index is 575. The highest BCUT2D eigenvalue weighted by atomic mass is 16.5. The summed E-state index contributed by atoms with van der Waals surface area (Å²) < 4.78 is 5.82. The molecule has 4 aliphatic carbocycles. The van der Waals surface area contributed by atoms with Crippen LogP contribution in [0.4, 0.5) is 5.69 Å². The fourth-order valence-electron chi connectivity index (χ4n) is 6.17. The summed E-state index contributed by atoms with van der Waals surface area (Å²) in [5.41, 5.74) is 2.75. The van der Waals surface area contributed by atoms with Gasteiger partial charge in [-0.1, -0.05) is 18.2 Å². The number of methoxy groups -OCH3 is 1. The highest BCUT2D eigenvalue weighted by Crippen LogP contribution is 2.66. The topological polar surface area (TPSA) is 21.6 Å².